The Bertz CT molecular complexity index is 547. The number of rotatable bonds is 4. The molecule has 5 aliphatic carbocycles. The van der Waals surface area contributed by atoms with Crippen molar-refractivity contribution in [3.05, 3.63) is 12.2 Å². The van der Waals surface area contributed by atoms with Crippen molar-refractivity contribution in [1.29, 1.82) is 0 Å². The van der Waals surface area contributed by atoms with Gasteiger partial charge in [0.1, 0.15) is 0 Å². The Labute approximate surface area is 145 Å². The quantitative estimate of drug-likeness (QED) is 0.333. The van der Waals surface area contributed by atoms with Crippen LogP contribution in [0.1, 0.15) is 58.3 Å². The van der Waals surface area contributed by atoms with E-state index in [0.717, 1.165) is 48.9 Å². The van der Waals surface area contributed by atoms with E-state index in [0.29, 0.717) is 5.92 Å². The average molecular weight is 330 g/mol. The molecule has 0 radical (unpaired) electrons. The third-order valence-electron chi connectivity index (χ3n) is 8.09. The Hall–Kier alpha value is -0.830. The standard InChI is InChI=1S/C21H30O3/c1-21(7-3-2-4-8-21)24-12-23-20(22)17-11-15-10-16(17)19-14-6-5-13(9-14)18(15)19/h5-6,13-19H,2-4,7-12H2,1H3. The van der Waals surface area contributed by atoms with Crippen molar-refractivity contribution in [2.75, 3.05) is 6.79 Å². The van der Waals surface area contributed by atoms with E-state index in [1.807, 2.05) is 0 Å². The molecule has 0 aromatic heterocycles. The van der Waals surface area contributed by atoms with Crippen LogP contribution in [-0.4, -0.2) is 18.4 Å². The van der Waals surface area contributed by atoms with Gasteiger partial charge in [-0.15, -0.1) is 0 Å². The van der Waals surface area contributed by atoms with Crippen LogP contribution >= 0.6 is 0 Å². The Balaban J connectivity index is 1.17. The molecule has 0 heterocycles. The Morgan fingerprint density at radius 1 is 1.04 bits per heavy atom. The number of fused-ring (bicyclic) bond motifs is 9. The second kappa shape index (κ2) is 5.59. The van der Waals surface area contributed by atoms with Crippen LogP contribution in [0.2, 0.25) is 0 Å². The van der Waals surface area contributed by atoms with Gasteiger partial charge >= 0.3 is 5.97 Å². The number of allylic oxidation sites excluding steroid dienone is 2. The predicted octanol–water partition coefficient (Wildman–Crippen LogP) is 4.32. The summed E-state index contributed by atoms with van der Waals surface area (Å²) in [4.78, 5) is 12.7. The molecule has 0 N–H and O–H groups in total. The molecule has 0 aliphatic heterocycles. The Kier molecular flexibility index (Phi) is 3.59. The first kappa shape index (κ1) is 15.4. The van der Waals surface area contributed by atoms with Crippen LogP contribution in [0.3, 0.4) is 0 Å². The largest absolute Gasteiger partial charge is 0.438 e. The van der Waals surface area contributed by atoms with E-state index in [9.17, 15) is 4.79 Å². The minimum atomic E-state index is -0.0757. The first-order chi connectivity index (χ1) is 11.6. The smallest absolute Gasteiger partial charge is 0.311 e. The Morgan fingerprint density at radius 3 is 2.58 bits per heavy atom. The molecular formula is C21H30O3. The topological polar surface area (TPSA) is 35.5 Å². The second-order valence-corrected chi connectivity index (χ2v) is 9.34. The summed E-state index contributed by atoms with van der Waals surface area (Å²) < 4.78 is 11.6. The number of hydrogen-bond acceptors (Lipinski definition) is 3. The summed E-state index contributed by atoms with van der Waals surface area (Å²) in [5.41, 5.74) is -0.0757. The van der Waals surface area contributed by atoms with Crippen LogP contribution < -0.4 is 0 Å². The van der Waals surface area contributed by atoms with E-state index in [-0.39, 0.29) is 24.3 Å². The molecule has 3 nitrogen and oxygen atoms in total. The minimum Gasteiger partial charge on any atom is -0.438 e. The molecule has 5 rings (SSSR count). The van der Waals surface area contributed by atoms with Gasteiger partial charge in [0.15, 0.2) is 6.79 Å². The molecule has 7 unspecified atom stereocenters. The number of hydrogen-bond donors (Lipinski definition) is 0. The minimum absolute atomic E-state index is 0.0205. The molecule has 4 bridgehead atoms. The van der Waals surface area contributed by atoms with Crippen LogP contribution in [0.4, 0.5) is 0 Å². The SMILES string of the molecule is CC1(OCOC(=O)C2CC3CC2C2C4C=CC(C4)C32)CCCCC1. The van der Waals surface area contributed by atoms with Crippen molar-refractivity contribution in [3.63, 3.8) is 0 Å². The fourth-order valence-corrected chi connectivity index (χ4v) is 7.07. The van der Waals surface area contributed by atoms with E-state index >= 15 is 0 Å². The zero-order chi connectivity index (χ0) is 16.3. The maximum absolute atomic E-state index is 12.7. The van der Waals surface area contributed by atoms with Gasteiger partial charge in [0, 0.05) is 0 Å². The first-order valence-electron chi connectivity index (χ1n) is 10.1. The predicted molar refractivity (Wildman–Crippen MR) is 91.0 cm³/mol. The second-order valence-electron chi connectivity index (χ2n) is 9.34. The molecule has 0 saturated heterocycles. The molecule has 0 aromatic rings. The van der Waals surface area contributed by atoms with Crippen LogP contribution in [0.5, 0.6) is 0 Å². The van der Waals surface area contributed by atoms with Gasteiger partial charge in [0.2, 0.25) is 0 Å². The third-order valence-corrected chi connectivity index (χ3v) is 8.09. The molecule has 5 aliphatic rings. The highest BCUT2D eigenvalue weighted by molar-refractivity contribution is 5.73. The molecule has 3 heteroatoms. The molecule has 7 atom stereocenters. The molecule has 24 heavy (non-hydrogen) atoms. The molecule has 4 fully saturated rings. The third kappa shape index (κ3) is 2.30. The first-order valence-corrected chi connectivity index (χ1v) is 10.1. The van der Waals surface area contributed by atoms with E-state index in [1.165, 1.54) is 32.1 Å². The zero-order valence-electron chi connectivity index (χ0n) is 14.8. The molecule has 0 spiro atoms. The summed E-state index contributed by atoms with van der Waals surface area (Å²) in [5, 5.41) is 0. The van der Waals surface area contributed by atoms with Gasteiger partial charge in [-0.3, -0.25) is 4.79 Å². The van der Waals surface area contributed by atoms with Crippen molar-refractivity contribution < 1.29 is 14.3 Å². The Morgan fingerprint density at radius 2 is 1.79 bits per heavy atom. The van der Waals surface area contributed by atoms with Gasteiger partial charge in [-0.1, -0.05) is 31.4 Å². The van der Waals surface area contributed by atoms with Gasteiger partial charge in [-0.2, -0.15) is 0 Å². The molecule has 0 aromatic carbocycles. The fraction of sp³-hybridized carbons (Fsp3) is 0.857. The van der Waals surface area contributed by atoms with Crippen molar-refractivity contribution in [1.82, 2.24) is 0 Å². The van der Waals surface area contributed by atoms with Gasteiger partial charge < -0.3 is 9.47 Å². The van der Waals surface area contributed by atoms with E-state index < -0.39 is 0 Å². The lowest BCUT2D eigenvalue weighted by Gasteiger charge is -2.36. The molecule has 0 amide bonds. The highest BCUT2D eigenvalue weighted by Crippen LogP contribution is 2.67. The van der Waals surface area contributed by atoms with Crippen LogP contribution in [-0.2, 0) is 14.3 Å². The van der Waals surface area contributed by atoms with Gasteiger partial charge in [0.25, 0.3) is 0 Å². The lowest BCUT2D eigenvalue weighted by molar-refractivity contribution is -0.181. The highest BCUT2D eigenvalue weighted by atomic mass is 16.7. The number of ether oxygens (including phenoxy) is 2. The lowest BCUT2D eigenvalue weighted by atomic mass is 9.69. The summed E-state index contributed by atoms with van der Waals surface area (Å²) >= 11 is 0. The average Bonchev–Trinajstić information content (AvgIpc) is 3.33. The van der Waals surface area contributed by atoms with E-state index in [2.05, 4.69) is 19.1 Å². The van der Waals surface area contributed by atoms with Crippen LogP contribution in [0.15, 0.2) is 12.2 Å². The normalized spacial score (nSPS) is 47.1. The highest BCUT2D eigenvalue weighted by Gasteiger charge is 2.62. The molecule has 132 valence electrons. The maximum atomic E-state index is 12.7. The van der Waals surface area contributed by atoms with Crippen molar-refractivity contribution in [2.24, 2.45) is 41.4 Å². The summed E-state index contributed by atoms with van der Waals surface area (Å²) in [6.45, 7) is 2.33. The summed E-state index contributed by atoms with van der Waals surface area (Å²) in [5.74, 6) is 4.75. The van der Waals surface area contributed by atoms with Gasteiger partial charge in [0.05, 0.1) is 11.5 Å². The lowest BCUT2D eigenvalue weighted by Crippen LogP contribution is -2.37. The van der Waals surface area contributed by atoms with Gasteiger partial charge in [-0.05, 0) is 74.5 Å². The van der Waals surface area contributed by atoms with E-state index in [1.54, 1.807) is 0 Å². The van der Waals surface area contributed by atoms with E-state index in [4.69, 9.17) is 9.47 Å². The van der Waals surface area contributed by atoms with Crippen LogP contribution in [0, 0.1) is 41.4 Å². The summed E-state index contributed by atoms with van der Waals surface area (Å²) in [6.07, 6.45) is 14.5. The zero-order valence-corrected chi connectivity index (χ0v) is 14.8. The van der Waals surface area contributed by atoms with Crippen molar-refractivity contribution in [2.45, 2.75) is 63.9 Å². The monoisotopic (exact) mass is 330 g/mol. The summed E-state index contributed by atoms with van der Waals surface area (Å²) in [7, 11) is 0. The van der Waals surface area contributed by atoms with Crippen LogP contribution in [0.25, 0.3) is 0 Å². The maximum Gasteiger partial charge on any atom is 0.311 e. The summed E-state index contributed by atoms with van der Waals surface area (Å²) in [6, 6.07) is 0. The molecular weight excluding hydrogens is 300 g/mol. The number of carbonyl (C=O) groups excluding carboxylic acids is 1. The number of carbonyl (C=O) groups is 1. The number of esters is 1. The van der Waals surface area contributed by atoms with Crippen molar-refractivity contribution in [3.8, 4) is 0 Å². The fourth-order valence-electron chi connectivity index (χ4n) is 7.07. The van der Waals surface area contributed by atoms with Crippen molar-refractivity contribution >= 4 is 5.97 Å². The van der Waals surface area contributed by atoms with Gasteiger partial charge in [-0.25, -0.2) is 0 Å². The molecule has 4 saturated carbocycles.